The van der Waals surface area contributed by atoms with E-state index in [-0.39, 0.29) is 5.41 Å². The summed E-state index contributed by atoms with van der Waals surface area (Å²) < 4.78 is 2.26. The average molecular weight is 207 g/mol. The summed E-state index contributed by atoms with van der Waals surface area (Å²) in [6, 6.07) is 1.09. The van der Waals surface area contributed by atoms with Crippen molar-refractivity contribution in [3.8, 4) is 0 Å². The standard InChI is InChI=1S/C12H21N3/c1-8-6-9(2)15-7-10(12(3,4)5)14-11(15)13-8/h7-9H,6H2,1-5H3,(H,13,14). The minimum atomic E-state index is 0.134. The molecular formula is C12H21N3. The summed E-state index contributed by atoms with van der Waals surface area (Å²) in [5.41, 5.74) is 1.31. The number of imidazole rings is 1. The molecule has 2 unspecified atom stereocenters. The van der Waals surface area contributed by atoms with Gasteiger partial charge in [-0.05, 0) is 20.3 Å². The van der Waals surface area contributed by atoms with Gasteiger partial charge in [-0.2, -0.15) is 0 Å². The third kappa shape index (κ3) is 1.87. The molecule has 15 heavy (non-hydrogen) atoms. The summed E-state index contributed by atoms with van der Waals surface area (Å²) in [5, 5.41) is 3.43. The molecule has 84 valence electrons. The first-order valence-corrected chi connectivity index (χ1v) is 5.74. The van der Waals surface area contributed by atoms with Gasteiger partial charge < -0.3 is 9.88 Å². The Balaban J connectivity index is 2.39. The lowest BCUT2D eigenvalue weighted by molar-refractivity contribution is 0.448. The van der Waals surface area contributed by atoms with E-state index in [1.165, 1.54) is 12.1 Å². The van der Waals surface area contributed by atoms with Crippen molar-refractivity contribution in [2.24, 2.45) is 0 Å². The van der Waals surface area contributed by atoms with Crippen LogP contribution in [0.2, 0.25) is 0 Å². The van der Waals surface area contributed by atoms with E-state index in [1.54, 1.807) is 0 Å². The van der Waals surface area contributed by atoms with Gasteiger partial charge in [0.1, 0.15) is 0 Å². The lowest BCUT2D eigenvalue weighted by Gasteiger charge is -2.27. The molecule has 0 aromatic carbocycles. The molecule has 1 aliphatic rings. The Morgan fingerprint density at radius 2 is 2.07 bits per heavy atom. The van der Waals surface area contributed by atoms with E-state index in [1.807, 2.05) is 0 Å². The summed E-state index contributed by atoms with van der Waals surface area (Å²) in [6.07, 6.45) is 3.37. The van der Waals surface area contributed by atoms with Gasteiger partial charge in [-0.25, -0.2) is 4.98 Å². The van der Waals surface area contributed by atoms with E-state index < -0.39 is 0 Å². The summed E-state index contributed by atoms with van der Waals surface area (Å²) in [5.74, 6) is 1.03. The number of nitrogens with one attached hydrogen (secondary N) is 1. The zero-order valence-corrected chi connectivity index (χ0v) is 10.3. The Morgan fingerprint density at radius 1 is 1.40 bits per heavy atom. The van der Waals surface area contributed by atoms with Crippen LogP contribution >= 0.6 is 0 Å². The molecule has 0 spiro atoms. The normalized spacial score (nSPS) is 25.9. The second kappa shape index (κ2) is 3.26. The highest BCUT2D eigenvalue weighted by Crippen LogP contribution is 2.30. The van der Waals surface area contributed by atoms with Gasteiger partial charge in [0.05, 0.1) is 5.69 Å². The molecular weight excluding hydrogens is 186 g/mol. The van der Waals surface area contributed by atoms with Crippen molar-refractivity contribution in [1.29, 1.82) is 0 Å². The van der Waals surface area contributed by atoms with Crippen LogP contribution in [0.25, 0.3) is 0 Å². The molecule has 2 atom stereocenters. The van der Waals surface area contributed by atoms with Crippen LogP contribution < -0.4 is 5.32 Å². The zero-order valence-electron chi connectivity index (χ0n) is 10.3. The van der Waals surface area contributed by atoms with Gasteiger partial charge in [0, 0.05) is 23.7 Å². The van der Waals surface area contributed by atoms with Crippen LogP contribution in [0.1, 0.15) is 52.8 Å². The molecule has 0 aliphatic carbocycles. The maximum absolute atomic E-state index is 4.67. The molecule has 2 heterocycles. The third-order valence-electron chi connectivity index (χ3n) is 3.05. The van der Waals surface area contributed by atoms with Crippen molar-refractivity contribution in [2.75, 3.05) is 5.32 Å². The predicted molar refractivity (Wildman–Crippen MR) is 63.3 cm³/mol. The Labute approximate surface area is 91.9 Å². The van der Waals surface area contributed by atoms with E-state index in [0.717, 1.165) is 5.95 Å². The smallest absolute Gasteiger partial charge is 0.203 e. The second-order valence-corrected chi connectivity index (χ2v) is 5.74. The fourth-order valence-electron chi connectivity index (χ4n) is 2.10. The summed E-state index contributed by atoms with van der Waals surface area (Å²) in [7, 11) is 0. The number of hydrogen-bond donors (Lipinski definition) is 1. The number of nitrogens with zero attached hydrogens (tertiary/aromatic N) is 2. The molecule has 2 rings (SSSR count). The lowest BCUT2D eigenvalue weighted by Crippen LogP contribution is -2.28. The van der Waals surface area contributed by atoms with Gasteiger partial charge in [0.25, 0.3) is 0 Å². The van der Waals surface area contributed by atoms with Crippen LogP contribution in [0.4, 0.5) is 5.95 Å². The van der Waals surface area contributed by atoms with Gasteiger partial charge in [0.2, 0.25) is 5.95 Å². The van der Waals surface area contributed by atoms with Crippen molar-refractivity contribution in [3.05, 3.63) is 11.9 Å². The molecule has 0 fully saturated rings. The van der Waals surface area contributed by atoms with Crippen LogP contribution in [-0.4, -0.2) is 15.6 Å². The van der Waals surface area contributed by atoms with E-state index >= 15 is 0 Å². The van der Waals surface area contributed by atoms with Crippen molar-refractivity contribution < 1.29 is 0 Å². The highest BCUT2D eigenvalue weighted by atomic mass is 15.3. The van der Waals surface area contributed by atoms with Crippen molar-refractivity contribution >= 4 is 5.95 Å². The predicted octanol–water partition coefficient (Wildman–Crippen LogP) is 2.95. The molecule has 1 aromatic heterocycles. The van der Waals surface area contributed by atoms with E-state index in [9.17, 15) is 0 Å². The number of anilines is 1. The maximum atomic E-state index is 4.67. The first kappa shape index (κ1) is 10.5. The van der Waals surface area contributed by atoms with E-state index in [0.29, 0.717) is 12.1 Å². The highest BCUT2D eigenvalue weighted by Gasteiger charge is 2.25. The number of fused-ring (bicyclic) bond motifs is 1. The monoisotopic (exact) mass is 207 g/mol. The number of aromatic nitrogens is 2. The SMILES string of the molecule is CC1CC(C)n2cc(C(C)(C)C)nc2N1. The second-order valence-electron chi connectivity index (χ2n) is 5.74. The highest BCUT2D eigenvalue weighted by molar-refractivity contribution is 5.35. The van der Waals surface area contributed by atoms with Crippen LogP contribution in [0, 0.1) is 0 Å². The largest absolute Gasteiger partial charge is 0.353 e. The quantitative estimate of drug-likeness (QED) is 0.709. The van der Waals surface area contributed by atoms with E-state index in [4.69, 9.17) is 0 Å². The van der Waals surface area contributed by atoms with Gasteiger partial charge in [-0.15, -0.1) is 0 Å². The third-order valence-corrected chi connectivity index (χ3v) is 3.05. The maximum Gasteiger partial charge on any atom is 0.203 e. The fraction of sp³-hybridized carbons (Fsp3) is 0.750. The Morgan fingerprint density at radius 3 is 2.67 bits per heavy atom. The van der Waals surface area contributed by atoms with Gasteiger partial charge in [-0.3, -0.25) is 0 Å². The molecule has 0 radical (unpaired) electrons. The Bertz CT molecular complexity index is 359. The van der Waals surface area contributed by atoms with Gasteiger partial charge >= 0.3 is 0 Å². The van der Waals surface area contributed by atoms with Crippen LogP contribution in [0.5, 0.6) is 0 Å². The molecule has 1 aliphatic heterocycles. The summed E-state index contributed by atoms with van der Waals surface area (Å²) >= 11 is 0. The number of rotatable bonds is 0. The van der Waals surface area contributed by atoms with Crippen LogP contribution in [0.3, 0.4) is 0 Å². The first-order valence-electron chi connectivity index (χ1n) is 5.74. The molecule has 3 nitrogen and oxygen atoms in total. The van der Waals surface area contributed by atoms with E-state index in [2.05, 4.69) is 55.7 Å². The Hall–Kier alpha value is -0.990. The molecule has 1 N–H and O–H groups in total. The van der Waals surface area contributed by atoms with Crippen molar-refractivity contribution in [2.45, 2.75) is 58.5 Å². The molecule has 0 bridgehead atoms. The average Bonchev–Trinajstić information content (AvgIpc) is 2.46. The first-order chi connectivity index (χ1) is 6.88. The molecule has 0 saturated carbocycles. The lowest BCUT2D eigenvalue weighted by atomic mass is 9.93. The number of hydrogen-bond acceptors (Lipinski definition) is 2. The van der Waals surface area contributed by atoms with Gasteiger partial charge in [-0.1, -0.05) is 20.8 Å². The molecule has 0 saturated heterocycles. The minimum absolute atomic E-state index is 0.134. The fourth-order valence-corrected chi connectivity index (χ4v) is 2.10. The Kier molecular flexibility index (Phi) is 2.28. The topological polar surface area (TPSA) is 29.9 Å². The summed E-state index contributed by atoms with van der Waals surface area (Å²) in [6.45, 7) is 11.1. The van der Waals surface area contributed by atoms with Crippen molar-refractivity contribution in [3.63, 3.8) is 0 Å². The minimum Gasteiger partial charge on any atom is -0.353 e. The van der Waals surface area contributed by atoms with Gasteiger partial charge in [0.15, 0.2) is 0 Å². The van der Waals surface area contributed by atoms with Crippen molar-refractivity contribution in [1.82, 2.24) is 9.55 Å². The zero-order chi connectivity index (χ0) is 11.2. The molecule has 0 amide bonds. The molecule has 3 heteroatoms. The van der Waals surface area contributed by atoms with Crippen LogP contribution in [0.15, 0.2) is 6.20 Å². The summed E-state index contributed by atoms with van der Waals surface area (Å²) in [4.78, 5) is 4.67. The molecule has 1 aromatic rings. The van der Waals surface area contributed by atoms with Crippen LogP contribution in [-0.2, 0) is 5.41 Å².